The van der Waals surface area contributed by atoms with Gasteiger partial charge in [-0.3, -0.25) is 9.69 Å². The zero-order valence-electron chi connectivity index (χ0n) is 15.3. The van der Waals surface area contributed by atoms with Crippen LogP contribution in [-0.2, 0) is 9.59 Å². The predicted molar refractivity (Wildman–Crippen MR) is 105 cm³/mol. The van der Waals surface area contributed by atoms with E-state index in [-0.39, 0.29) is 5.91 Å². The van der Waals surface area contributed by atoms with E-state index in [9.17, 15) is 14.7 Å². The number of carbonyl (C=O) groups is 2. The Labute approximate surface area is 159 Å². The number of hydrogen-bond acceptors (Lipinski definition) is 4. The topological polar surface area (TPSA) is 72.9 Å². The average molecular weight is 367 g/mol. The van der Waals surface area contributed by atoms with E-state index in [0.717, 1.165) is 26.2 Å². The zero-order chi connectivity index (χ0) is 19.1. The van der Waals surface area contributed by atoms with Gasteiger partial charge >= 0.3 is 5.97 Å². The summed E-state index contributed by atoms with van der Waals surface area (Å²) in [6.07, 6.45) is 0.294. The molecule has 6 nitrogen and oxygen atoms in total. The number of anilines is 1. The molecule has 1 amide bonds. The van der Waals surface area contributed by atoms with Crippen LogP contribution in [0.15, 0.2) is 60.7 Å². The molecule has 2 aromatic rings. The summed E-state index contributed by atoms with van der Waals surface area (Å²) in [7, 11) is 0. The molecule has 0 unspecified atom stereocenters. The highest BCUT2D eigenvalue weighted by Crippen LogP contribution is 2.16. The Balaban J connectivity index is 1.45. The van der Waals surface area contributed by atoms with E-state index in [2.05, 4.69) is 27.2 Å². The van der Waals surface area contributed by atoms with Crippen LogP contribution in [-0.4, -0.2) is 54.6 Å². The minimum absolute atomic E-state index is 0.239. The van der Waals surface area contributed by atoms with E-state index < -0.39 is 12.0 Å². The Morgan fingerprint density at radius 3 is 2.11 bits per heavy atom. The molecular formula is C21H25N3O3. The molecule has 27 heavy (non-hydrogen) atoms. The molecule has 2 N–H and O–H groups in total. The maximum absolute atomic E-state index is 12.2. The van der Waals surface area contributed by atoms with Gasteiger partial charge in [-0.2, -0.15) is 0 Å². The second-order valence-corrected chi connectivity index (χ2v) is 6.66. The van der Waals surface area contributed by atoms with Gasteiger partial charge in [-0.25, -0.2) is 4.79 Å². The van der Waals surface area contributed by atoms with Crippen molar-refractivity contribution in [1.82, 2.24) is 10.2 Å². The van der Waals surface area contributed by atoms with Crippen LogP contribution in [0.4, 0.5) is 5.69 Å². The van der Waals surface area contributed by atoms with Crippen LogP contribution in [0.1, 0.15) is 18.0 Å². The Hall–Kier alpha value is -2.86. The second-order valence-electron chi connectivity index (χ2n) is 6.66. The molecule has 1 fully saturated rings. The highest BCUT2D eigenvalue weighted by Gasteiger charge is 2.23. The van der Waals surface area contributed by atoms with E-state index in [1.54, 1.807) is 24.3 Å². The number of piperazine rings is 1. The Bertz CT molecular complexity index is 744. The summed E-state index contributed by atoms with van der Waals surface area (Å²) in [5.41, 5.74) is 1.80. The SMILES string of the molecule is O=C(CCN1CCN(c2ccccc2)CC1)N[C@H](C(=O)O)c1ccccc1. The summed E-state index contributed by atoms with van der Waals surface area (Å²) in [6, 6.07) is 18.1. The van der Waals surface area contributed by atoms with Crippen LogP contribution in [0.5, 0.6) is 0 Å². The van der Waals surface area contributed by atoms with Crippen molar-refractivity contribution >= 4 is 17.6 Å². The maximum atomic E-state index is 12.2. The van der Waals surface area contributed by atoms with E-state index >= 15 is 0 Å². The maximum Gasteiger partial charge on any atom is 0.330 e. The van der Waals surface area contributed by atoms with E-state index in [1.807, 2.05) is 24.3 Å². The first-order valence-corrected chi connectivity index (χ1v) is 9.23. The number of carboxylic acid groups (broad SMARTS) is 1. The molecular weight excluding hydrogens is 342 g/mol. The lowest BCUT2D eigenvalue weighted by molar-refractivity contribution is -0.142. The van der Waals surface area contributed by atoms with Gasteiger partial charge < -0.3 is 15.3 Å². The molecule has 0 aliphatic carbocycles. The van der Waals surface area contributed by atoms with E-state index in [0.29, 0.717) is 18.5 Å². The highest BCUT2D eigenvalue weighted by molar-refractivity contribution is 5.84. The van der Waals surface area contributed by atoms with Crippen molar-refractivity contribution in [2.75, 3.05) is 37.6 Å². The Kier molecular flexibility index (Phi) is 6.44. The molecule has 6 heteroatoms. The fraction of sp³-hybridized carbons (Fsp3) is 0.333. The second kappa shape index (κ2) is 9.19. The highest BCUT2D eigenvalue weighted by atomic mass is 16.4. The summed E-state index contributed by atoms with van der Waals surface area (Å²) in [5, 5.41) is 12.0. The Morgan fingerprint density at radius 2 is 1.52 bits per heavy atom. The molecule has 0 spiro atoms. The molecule has 142 valence electrons. The lowest BCUT2D eigenvalue weighted by Crippen LogP contribution is -2.47. The van der Waals surface area contributed by atoms with Gasteiger partial charge in [0.2, 0.25) is 5.91 Å². The standard InChI is InChI=1S/C21H25N3O3/c25-19(22-20(21(26)27)17-7-3-1-4-8-17)11-12-23-13-15-24(16-14-23)18-9-5-2-6-10-18/h1-10,20H,11-16H2,(H,22,25)(H,26,27)/t20-/m0/s1. The van der Waals surface area contributed by atoms with Crippen molar-refractivity contribution in [1.29, 1.82) is 0 Å². The lowest BCUT2D eigenvalue weighted by atomic mass is 10.1. The summed E-state index contributed by atoms with van der Waals surface area (Å²) in [6.45, 7) is 4.27. The zero-order valence-corrected chi connectivity index (χ0v) is 15.3. The van der Waals surface area contributed by atoms with Crippen molar-refractivity contribution < 1.29 is 14.7 Å². The molecule has 0 aromatic heterocycles. The smallest absolute Gasteiger partial charge is 0.330 e. The summed E-state index contributed by atoms with van der Waals surface area (Å²) < 4.78 is 0. The van der Waals surface area contributed by atoms with Crippen LogP contribution >= 0.6 is 0 Å². The lowest BCUT2D eigenvalue weighted by Gasteiger charge is -2.36. The van der Waals surface area contributed by atoms with Crippen molar-refractivity contribution in [2.24, 2.45) is 0 Å². The average Bonchev–Trinajstić information content (AvgIpc) is 2.72. The first-order chi connectivity index (χ1) is 13.1. The van der Waals surface area contributed by atoms with Gasteiger partial charge in [0, 0.05) is 44.8 Å². The predicted octanol–water partition coefficient (Wildman–Crippen LogP) is 2.14. The molecule has 1 saturated heterocycles. The van der Waals surface area contributed by atoms with Gasteiger partial charge in [0.25, 0.3) is 0 Å². The first-order valence-electron chi connectivity index (χ1n) is 9.23. The number of hydrogen-bond donors (Lipinski definition) is 2. The van der Waals surface area contributed by atoms with Crippen LogP contribution < -0.4 is 10.2 Å². The number of rotatable bonds is 7. The number of nitrogens with one attached hydrogen (secondary N) is 1. The van der Waals surface area contributed by atoms with Crippen LogP contribution in [0, 0.1) is 0 Å². The molecule has 2 aromatic carbocycles. The summed E-state index contributed by atoms with van der Waals surface area (Å²) >= 11 is 0. The number of carboxylic acids is 1. The van der Waals surface area contributed by atoms with E-state index in [1.165, 1.54) is 5.69 Å². The molecule has 1 aliphatic rings. The summed E-state index contributed by atoms with van der Waals surface area (Å²) in [4.78, 5) is 28.3. The molecule has 0 saturated carbocycles. The third-order valence-corrected chi connectivity index (χ3v) is 4.83. The van der Waals surface area contributed by atoms with Crippen molar-refractivity contribution in [3.63, 3.8) is 0 Å². The molecule has 0 bridgehead atoms. The quantitative estimate of drug-likeness (QED) is 0.784. The van der Waals surface area contributed by atoms with Crippen molar-refractivity contribution in [2.45, 2.75) is 12.5 Å². The Morgan fingerprint density at radius 1 is 0.926 bits per heavy atom. The molecule has 0 radical (unpaired) electrons. The minimum Gasteiger partial charge on any atom is -0.479 e. The fourth-order valence-corrected chi connectivity index (χ4v) is 3.29. The van der Waals surface area contributed by atoms with Gasteiger partial charge in [-0.05, 0) is 17.7 Å². The van der Waals surface area contributed by atoms with Crippen LogP contribution in [0.25, 0.3) is 0 Å². The third kappa shape index (κ3) is 5.31. The number of benzene rings is 2. The van der Waals surface area contributed by atoms with Crippen LogP contribution in [0.2, 0.25) is 0 Å². The van der Waals surface area contributed by atoms with Crippen molar-refractivity contribution in [3.8, 4) is 0 Å². The summed E-state index contributed by atoms with van der Waals surface area (Å²) in [5.74, 6) is -1.29. The monoisotopic (exact) mass is 367 g/mol. The first kappa shape index (κ1) is 18.9. The number of para-hydroxylation sites is 1. The minimum atomic E-state index is -1.05. The van der Waals surface area contributed by atoms with Gasteiger partial charge in [-0.15, -0.1) is 0 Å². The molecule has 1 aliphatic heterocycles. The number of carbonyl (C=O) groups excluding carboxylic acids is 1. The fourth-order valence-electron chi connectivity index (χ4n) is 3.29. The van der Waals surface area contributed by atoms with Crippen molar-refractivity contribution in [3.05, 3.63) is 66.2 Å². The number of nitrogens with zero attached hydrogens (tertiary/aromatic N) is 2. The van der Waals surface area contributed by atoms with Gasteiger partial charge in [-0.1, -0.05) is 48.5 Å². The molecule has 1 atom stereocenters. The normalized spacial score (nSPS) is 15.9. The van der Waals surface area contributed by atoms with E-state index in [4.69, 9.17) is 0 Å². The molecule has 1 heterocycles. The number of amides is 1. The van der Waals surface area contributed by atoms with Gasteiger partial charge in [0.05, 0.1) is 0 Å². The third-order valence-electron chi connectivity index (χ3n) is 4.83. The molecule has 3 rings (SSSR count). The van der Waals surface area contributed by atoms with Gasteiger partial charge in [0.15, 0.2) is 6.04 Å². The number of aliphatic carboxylic acids is 1. The van der Waals surface area contributed by atoms with Crippen LogP contribution in [0.3, 0.4) is 0 Å². The largest absolute Gasteiger partial charge is 0.479 e. The van der Waals surface area contributed by atoms with Gasteiger partial charge in [0.1, 0.15) is 0 Å².